The molecule has 0 saturated carbocycles. The van der Waals surface area contributed by atoms with E-state index in [9.17, 15) is 5.11 Å². The van der Waals surface area contributed by atoms with Gasteiger partial charge >= 0.3 is 0 Å². The maximum Gasteiger partial charge on any atom is 0.120 e. The van der Waals surface area contributed by atoms with Crippen LogP contribution in [0.2, 0.25) is 0 Å². The molecule has 0 heterocycles. The van der Waals surface area contributed by atoms with Crippen LogP contribution in [0.5, 0.6) is 5.75 Å². The molecular formula is C20H35NO. The fourth-order valence-electron chi connectivity index (χ4n) is 2.80. The van der Waals surface area contributed by atoms with Gasteiger partial charge in [-0.2, -0.15) is 0 Å². The average molecular weight is 306 g/mol. The highest BCUT2D eigenvalue weighted by atomic mass is 16.3. The lowest BCUT2D eigenvalue weighted by molar-refractivity contribution is 0.463. The van der Waals surface area contributed by atoms with Crippen molar-refractivity contribution >= 4 is 0 Å². The summed E-state index contributed by atoms with van der Waals surface area (Å²) in [6, 6.07) is 7.56. The third-order valence-corrected chi connectivity index (χ3v) is 4.26. The molecule has 126 valence electrons. The molecule has 0 amide bonds. The molecular weight excluding hydrogens is 270 g/mol. The van der Waals surface area contributed by atoms with Gasteiger partial charge in [0.15, 0.2) is 0 Å². The van der Waals surface area contributed by atoms with E-state index in [0.717, 1.165) is 18.7 Å². The molecule has 1 aromatic carbocycles. The largest absolute Gasteiger partial charge is 0.508 e. The first-order chi connectivity index (χ1) is 10.8. The van der Waals surface area contributed by atoms with Gasteiger partial charge < -0.3 is 10.4 Å². The van der Waals surface area contributed by atoms with Crippen molar-refractivity contribution in [2.75, 3.05) is 6.54 Å². The van der Waals surface area contributed by atoms with Crippen LogP contribution in [0.1, 0.15) is 83.1 Å². The Hall–Kier alpha value is -1.02. The van der Waals surface area contributed by atoms with E-state index >= 15 is 0 Å². The number of benzene rings is 1. The number of para-hydroxylation sites is 1. The Labute approximate surface area is 137 Å². The second-order valence-corrected chi connectivity index (χ2v) is 6.34. The Balaban J connectivity index is 1.81. The minimum absolute atomic E-state index is 0.397. The molecule has 0 bridgehead atoms. The fourth-order valence-corrected chi connectivity index (χ4v) is 2.80. The van der Waals surface area contributed by atoms with E-state index in [4.69, 9.17) is 0 Å². The summed E-state index contributed by atoms with van der Waals surface area (Å²) in [6.45, 7) is 4.09. The molecule has 1 rings (SSSR count). The normalized spacial score (nSPS) is 11.0. The molecule has 0 aliphatic carbocycles. The molecule has 0 fully saturated rings. The van der Waals surface area contributed by atoms with E-state index in [0.29, 0.717) is 5.75 Å². The quantitative estimate of drug-likeness (QED) is 0.426. The van der Waals surface area contributed by atoms with Gasteiger partial charge in [0.2, 0.25) is 0 Å². The lowest BCUT2D eigenvalue weighted by atomic mass is 10.1. The van der Waals surface area contributed by atoms with Crippen LogP contribution >= 0.6 is 0 Å². The highest BCUT2D eigenvalue weighted by Crippen LogP contribution is 2.15. The van der Waals surface area contributed by atoms with Crippen molar-refractivity contribution in [3.63, 3.8) is 0 Å². The van der Waals surface area contributed by atoms with Crippen molar-refractivity contribution in [2.45, 2.75) is 84.1 Å². The number of hydrogen-bond donors (Lipinski definition) is 2. The molecule has 0 unspecified atom stereocenters. The topological polar surface area (TPSA) is 32.3 Å². The van der Waals surface area contributed by atoms with Crippen molar-refractivity contribution in [1.29, 1.82) is 0 Å². The van der Waals surface area contributed by atoms with Crippen LogP contribution in [-0.4, -0.2) is 11.7 Å². The summed E-state index contributed by atoms with van der Waals surface area (Å²) in [5.74, 6) is 0.397. The van der Waals surface area contributed by atoms with Gasteiger partial charge in [-0.15, -0.1) is 0 Å². The van der Waals surface area contributed by atoms with Crippen molar-refractivity contribution in [3.05, 3.63) is 29.8 Å². The van der Waals surface area contributed by atoms with E-state index in [1.165, 1.54) is 70.6 Å². The van der Waals surface area contributed by atoms with E-state index in [1.807, 2.05) is 18.2 Å². The maximum atomic E-state index is 9.66. The van der Waals surface area contributed by atoms with Crippen molar-refractivity contribution in [1.82, 2.24) is 5.32 Å². The summed E-state index contributed by atoms with van der Waals surface area (Å²) >= 11 is 0. The predicted octanol–water partition coefficient (Wildman–Crippen LogP) is 5.79. The third kappa shape index (κ3) is 9.83. The number of aromatic hydroxyl groups is 1. The monoisotopic (exact) mass is 305 g/mol. The minimum Gasteiger partial charge on any atom is -0.508 e. The third-order valence-electron chi connectivity index (χ3n) is 4.26. The molecule has 0 saturated heterocycles. The fraction of sp³-hybridized carbons (Fsp3) is 0.700. The summed E-state index contributed by atoms with van der Waals surface area (Å²) in [4.78, 5) is 0. The number of unbranched alkanes of at least 4 members (excludes halogenated alkanes) is 10. The molecule has 0 radical (unpaired) electrons. The highest BCUT2D eigenvalue weighted by molar-refractivity contribution is 5.31. The first-order valence-electron chi connectivity index (χ1n) is 9.32. The molecule has 0 aromatic heterocycles. The zero-order valence-corrected chi connectivity index (χ0v) is 14.4. The maximum absolute atomic E-state index is 9.66. The van der Waals surface area contributed by atoms with Crippen molar-refractivity contribution in [3.8, 4) is 5.75 Å². The van der Waals surface area contributed by atoms with Crippen LogP contribution in [-0.2, 0) is 6.54 Å². The zero-order chi connectivity index (χ0) is 15.9. The van der Waals surface area contributed by atoms with Gasteiger partial charge in [-0.3, -0.25) is 0 Å². The second-order valence-electron chi connectivity index (χ2n) is 6.34. The molecule has 22 heavy (non-hydrogen) atoms. The first kappa shape index (κ1) is 19.0. The van der Waals surface area contributed by atoms with Crippen LogP contribution in [0, 0.1) is 0 Å². The van der Waals surface area contributed by atoms with E-state index in [1.54, 1.807) is 6.07 Å². The van der Waals surface area contributed by atoms with Crippen LogP contribution < -0.4 is 5.32 Å². The molecule has 0 spiro atoms. The van der Waals surface area contributed by atoms with Gasteiger partial charge in [-0.1, -0.05) is 89.3 Å². The minimum atomic E-state index is 0.397. The summed E-state index contributed by atoms with van der Waals surface area (Å²) < 4.78 is 0. The molecule has 0 atom stereocenters. The zero-order valence-electron chi connectivity index (χ0n) is 14.4. The van der Waals surface area contributed by atoms with Gasteiger partial charge in [0.05, 0.1) is 0 Å². The van der Waals surface area contributed by atoms with Crippen molar-refractivity contribution in [2.24, 2.45) is 0 Å². The summed E-state index contributed by atoms with van der Waals surface area (Å²) in [6.07, 6.45) is 15.2. The average Bonchev–Trinajstić information content (AvgIpc) is 2.53. The summed E-state index contributed by atoms with van der Waals surface area (Å²) in [5, 5.41) is 13.1. The molecule has 2 N–H and O–H groups in total. The van der Waals surface area contributed by atoms with E-state index in [-0.39, 0.29) is 0 Å². The van der Waals surface area contributed by atoms with Gasteiger partial charge in [-0.25, -0.2) is 0 Å². The lowest BCUT2D eigenvalue weighted by Gasteiger charge is -2.06. The summed E-state index contributed by atoms with van der Waals surface area (Å²) in [7, 11) is 0. The predicted molar refractivity (Wildman–Crippen MR) is 96.3 cm³/mol. The van der Waals surface area contributed by atoms with Gasteiger partial charge in [0.25, 0.3) is 0 Å². The van der Waals surface area contributed by atoms with E-state index < -0.39 is 0 Å². The van der Waals surface area contributed by atoms with Crippen molar-refractivity contribution < 1.29 is 5.11 Å². The van der Waals surface area contributed by atoms with Crippen LogP contribution in [0.25, 0.3) is 0 Å². The Kier molecular flexibility index (Phi) is 11.8. The number of nitrogens with one attached hydrogen (secondary N) is 1. The highest BCUT2D eigenvalue weighted by Gasteiger charge is 1.98. The second kappa shape index (κ2) is 13.6. The molecule has 2 heteroatoms. The van der Waals surface area contributed by atoms with Crippen LogP contribution in [0.3, 0.4) is 0 Å². The lowest BCUT2D eigenvalue weighted by Crippen LogP contribution is -2.14. The SMILES string of the molecule is CCCCCCCCCCCCCNCc1ccccc1O. The molecule has 2 nitrogen and oxygen atoms in total. The van der Waals surface area contributed by atoms with Gasteiger partial charge in [0, 0.05) is 12.1 Å². The number of phenolic OH excluding ortho intramolecular Hbond substituents is 1. The Morgan fingerprint density at radius 1 is 0.773 bits per heavy atom. The van der Waals surface area contributed by atoms with Gasteiger partial charge in [-0.05, 0) is 19.0 Å². The van der Waals surface area contributed by atoms with Crippen LogP contribution in [0.15, 0.2) is 24.3 Å². The first-order valence-corrected chi connectivity index (χ1v) is 9.32. The smallest absolute Gasteiger partial charge is 0.120 e. The summed E-state index contributed by atoms with van der Waals surface area (Å²) in [5.41, 5.74) is 0.991. The Morgan fingerprint density at radius 3 is 1.91 bits per heavy atom. The van der Waals surface area contributed by atoms with Crippen LogP contribution in [0.4, 0.5) is 0 Å². The molecule has 0 aliphatic rings. The number of rotatable bonds is 14. The number of hydrogen-bond acceptors (Lipinski definition) is 2. The number of phenols is 1. The molecule has 0 aliphatic heterocycles. The Bertz CT molecular complexity index is 364. The van der Waals surface area contributed by atoms with E-state index in [2.05, 4.69) is 12.2 Å². The van der Waals surface area contributed by atoms with Gasteiger partial charge in [0.1, 0.15) is 5.75 Å². The Morgan fingerprint density at radius 2 is 1.32 bits per heavy atom. The standard InChI is InChI=1S/C20H35NO/c1-2-3-4-5-6-7-8-9-10-11-14-17-21-18-19-15-12-13-16-20(19)22/h12-13,15-16,21-22H,2-11,14,17-18H2,1H3. The molecule has 1 aromatic rings.